The van der Waals surface area contributed by atoms with Crippen molar-refractivity contribution in [1.29, 1.82) is 0 Å². The summed E-state index contributed by atoms with van der Waals surface area (Å²) in [6.45, 7) is 16.5. The molecule has 9 atom stereocenters. The van der Waals surface area contributed by atoms with E-state index in [1.807, 2.05) is 6.08 Å². The molecule has 0 aromatic heterocycles. The number of rotatable bonds is 3. The summed E-state index contributed by atoms with van der Waals surface area (Å²) in [5, 5.41) is 2.55. The fraction of sp³-hybridized carbons (Fsp3) is 0.848. The van der Waals surface area contributed by atoms with Crippen LogP contribution < -0.4 is 10.0 Å². The molecule has 0 bridgehead atoms. The van der Waals surface area contributed by atoms with Crippen molar-refractivity contribution in [3.8, 4) is 0 Å². The van der Waals surface area contributed by atoms with Gasteiger partial charge in [0.15, 0.2) is 5.78 Å². The third-order valence-corrected chi connectivity index (χ3v) is 14.8. The van der Waals surface area contributed by atoms with Crippen LogP contribution in [0.15, 0.2) is 11.6 Å². The van der Waals surface area contributed by atoms with Gasteiger partial charge in [0.2, 0.25) is 0 Å². The zero-order valence-corrected chi connectivity index (χ0v) is 28.6. The van der Waals surface area contributed by atoms with Gasteiger partial charge in [-0.25, -0.2) is 9.52 Å². The van der Waals surface area contributed by atoms with E-state index in [-0.39, 0.29) is 62.7 Å². The van der Waals surface area contributed by atoms with Gasteiger partial charge in [-0.15, -0.1) is 0 Å². The van der Waals surface area contributed by atoms with Crippen LogP contribution in [0, 0.1) is 44.8 Å². The molecule has 0 aromatic carbocycles. The maximum Gasteiger partial charge on any atom is 0.516 e. The minimum atomic E-state index is -5.84. The number of hydrogen-bond acceptors (Lipinski definition) is 6. The Kier molecular flexibility index (Phi) is 7.75. The van der Waals surface area contributed by atoms with Crippen LogP contribution in [-0.2, 0) is 24.3 Å². The van der Waals surface area contributed by atoms with E-state index in [4.69, 9.17) is 4.74 Å². The van der Waals surface area contributed by atoms with E-state index in [1.54, 1.807) is 6.92 Å². The third kappa shape index (κ3) is 5.05. The van der Waals surface area contributed by atoms with E-state index in [0.29, 0.717) is 25.7 Å². The maximum atomic E-state index is 14.5. The number of allylic oxidation sites excluding steroid dienone is 2. The fourth-order valence-electron chi connectivity index (χ4n) is 11.2. The summed E-state index contributed by atoms with van der Waals surface area (Å²) in [6.07, 6.45) is 8.22. The second-order valence-electron chi connectivity index (χ2n) is 16.7. The van der Waals surface area contributed by atoms with Gasteiger partial charge in [0.05, 0.1) is 0 Å². The van der Waals surface area contributed by atoms with Gasteiger partial charge >= 0.3 is 27.5 Å². The smallest absolute Gasteiger partial charge is 0.462 e. The molecule has 0 radical (unpaired) electrons. The number of amides is 2. The number of ketones is 1. The zero-order valence-electron chi connectivity index (χ0n) is 27.7. The van der Waals surface area contributed by atoms with Crippen molar-refractivity contribution >= 4 is 27.8 Å². The number of sulfonamides is 1. The van der Waals surface area contributed by atoms with E-state index in [0.717, 1.165) is 42.4 Å². The van der Waals surface area contributed by atoms with Crippen molar-refractivity contribution in [2.45, 2.75) is 130 Å². The van der Waals surface area contributed by atoms with E-state index >= 15 is 0 Å². The van der Waals surface area contributed by atoms with Crippen molar-refractivity contribution in [3.05, 3.63) is 11.6 Å². The summed E-state index contributed by atoms with van der Waals surface area (Å²) < 4.78 is 68.9. The quantitative estimate of drug-likeness (QED) is 0.322. The first-order valence-electron chi connectivity index (χ1n) is 16.2. The summed E-state index contributed by atoms with van der Waals surface area (Å²) in [5.74, 6) is -0.322. The number of halogens is 3. The fourth-order valence-corrected chi connectivity index (χ4v) is 11.6. The Morgan fingerprint density at radius 2 is 1.56 bits per heavy atom. The topological polar surface area (TPSA) is 119 Å². The molecule has 0 aliphatic heterocycles. The third-order valence-electron chi connectivity index (χ3n) is 13.8. The number of ether oxygens (including phenoxy) is 1. The molecule has 12 heteroatoms. The summed E-state index contributed by atoms with van der Waals surface area (Å²) in [4.78, 5) is 39.0. The molecule has 0 aromatic rings. The van der Waals surface area contributed by atoms with Crippen molar-refractivity contribution in [3.63, 3.8) is 0 Å². The molecule has 0 unspecified atom stereocenters. The summed E-state index contributed by atoms with van der Waals surface area (Å²) in [5.41, 5.74) is -6.94. The van der Waals surface area contributed by atoms with Crippen LogP contribution in [0.1, 0.15) is 113 Å². The normalized spacial score (nSPS) is 44.2. The van der Waals surface area contributed by atoms with Gasteiger partial charge < -0.3 is 10.1 Å². The van der Waals surface area contributed by atoms with Crippen LogP contribution in [0.25, 0.3) is 0 Å². The molecule has 8 nitrogen and oxygen atoms in total. The Labute approximate surface area is 265 Å². The molecule has 45 heavy (non-hydrogen) atoms. The highest BCUT2D eigenvalue weighted by Crippen LogP contribution is 2.75. The summed E-state index contributed by atoms with van der Waals surface area (Å²) in [6, 6.07) is -1.41. The molecule has 254 valence electrons. The lowest BCUT2D eigenvalue weighted by Gasteiger charge is -2.70. The molecule has 0 spiro atoms. The van der Waals surface area contributed by atoms with E-state index in [2.05, 4.69) is 46.9 Å². The highest BCUT2D eigenvalue weighted by Gasteiger charge is 2.70. The molecule has 2 amide bonds. The number of alkyl halides is 3. The first-order valence-corrected chi connectivity index (χ1v) is 17.7. The van der Waals surface area contributed by atoms with Crippen molar-refractivity contribution in [1.82, 2.24) is 10.0 Å². The average Bonchev–Trinajstić information content (AvgIpc) is 2.87. The molecule has 4 fully saturated rings. The standard InChI is InChI=1S/C33H49F3N2O6S/c1-19(39)44-24-10-11-30(6)23(27(24,2)3)9-12-32(8)25(30)22(40)17-20-21-18-29(5,15-13-28(21,4)14-16-31(20,32)7)37-26(41)38-45(42,43)33(34,35)36/h17,21,23-25H,9-16,18H2,1-8H3,(H2,37,38,41)/t21-,23-,24-,25+,28+,29-,30-,31+,32+/m0/s1. The van der Waals surface area contributed by atoms with Crippen molar-refractivity contribution < 1.29 is 40.7 Å². The van der Waals surface area contributed by atoms with Gasteiger partial charge in [-0.1, -0.05) is 47.1 Å². The second kappa shape index (κ2) is 10.2. The van der Waals surface area contributed by atoms with Crippen molar-refractivity contribution in [2.75, 3.05) is 0 Å². The van der Waals surface area contributed by atoms with Crippen LogP contribution in [0.3, 0.4) is 0 Å². The van der Waals surface area contributed by atoms with Crippen LogP contribution in [0.2, 0.25) is 0 Å². The lowest BCUT2D eigenvalue weighted by Crippen LogP contribution is -2.67. The summed E-state index contributed by atoms with van der Waals surface area (Å²) in [7, 11) is -5.84. The van der Waals surface area contributed by atoms with Gasteiger partial charge in [-0.2, -0.15) is 21.6 Å². The van der Waals surface area contributed by atoms with Crippen LogP contribution in [-0.4, -0.2) is 43.4 Å². The number of hydrogen-bond donors (Lipinski definition) is 2. The molecule has 5 rings (SSSR count). The number of urea groups is 1. The average molecular weight is 659 g/mol. The van der Waals surface area contributed by atoms with Crippen LogP contribution in [0.5, 0.6) is 0 Å². The molecular formula is C33H49F3N2O6S. The minimum absolute atomic E-state index is 0.109. The number of carbonyl (C=O) groups excluding carboxylic acids is 3. The molecule has 0 heterocycles. The van der Waals surface area contributed by atoms with Crippen molar-refractivity contribution in [2.24, 2.45) is 44.8 Å². The van der Waals surface area contributed by atoms with Crippen LogP contribution in [0.4, 0.5) is 18.0 Å². The Hall–Kier alpha value is -2.11. The largest absolute Gasteiger partial charge is 0.516 e. The van der Waals surface area contributed by atoms with Gasteiger partial charge in [-0.05, 0) is 104 Å². The Morgan fingerprint density at radius 3 is 2.16 bits per heavy atom. The zero-order chi connectivity index (χ0) is 33.8. The highest BCUT2D eigenvalue weighted by molar-refractivity contribution is 7.90. The molecule has 4 saturated carbocycles. The van der Waals surface area contributed by atoms with E-state index < -0.39 is 27.1 Å². The minimum Gasteiger partial charge on any atom is -0.462 e. The SMILES string of the molecule is CC(=O)O[C@H]1CC[C@]2(C)[C@H]3C(=O)C=C4[C@@H]5C[C@@](C)(NC(=O)NS(=O)(=O)C(F)(F)F)CC[C@]5(C)CC[C@@]4(C)[C@]3(C)CC[C@H]2C1(C)C. The lowest BCUT2D eigenvalue weighted by atomic mass is 9.33. The molecular weight excluding hydrogens is 609 g/mol. The molecule has 5 aliphatic carbocycles. The lowest BCUT2D eigenvalue weighted by molar-refractivity contribution is -0.210. The summed E-state index contributed by atoms with van der Waals surface area (Å²) >= 11 is 0. The monoisotopic (exact) mass is 658 g/mol. The second-order valence-corrected chi connectivity index (χ2v) is 18.4. The van der Waals surface area contributed by atoms with Gasteiger partial charge in [0.1, 0.15) is 6.10 Å². The predicted molar refractivity (Wildman–Crippen MR) is 162 cm³/mol. The number of fused-ring (bicyclic) bond motifs is 7. The number of carbonyl (C=O) groups is 3. The molecule has 5 aliphatic rings. The van der Waals surface area contributed by atoms with Crippen LogP contribution >= 0.6 is 0 Å². The Balaban J connectivity index is 1.48. The number of nitrogens with one attached hydrogen (secondary N) is 2. The van der Waals surface area contributed by atoms with E-state index in [9.17, 15) is 36.0 Å². The molecule has 0 saturated heterocycles. The van der Waals surface area contributed by atoms with Gasteiger partial charge in [0, 0.05) is 23.8 Å². The van der Waals surface area contributed by atoms with E-state index in [1.165, 1.54) is 6.92 Å². The first kappa shape index (κ1) is 34.2. The predicted octanol–water partition coefficient (Wildman–Crippen LogP) is 6.80. The van der Waals surface area contributed by atoms with Gasteiger partial charge in [-0.3, -0.25) is 9.59 Å². The Bertz CT molecular complexity index is 1440. The first-order chi connectivity index (χ1) is 20.4. The Morgan fingerprint density at radius 1 is 0.933 bits per heavy atom. The van der Waals surface area contributed by atoms with Gasteiger partial charge in [0.25, 0.3) is 0 Å². The highest BCUT2D eigenvalue weighted by atomic mass is 32.2. The molecule has 2 N–H and O–H groups in total. The number of esters is 1. The maximum absolute atomic E-state index is 14.5.